The predicted octanol–water partition coefficient (Wildman–Crippen LogP) is 4.45. The van der Waals surface area contributed by atoms with E-state index in [9.17, 15) is 0 Å². The molecule has 0 radical (unpaired) electrons. The van der Waals surface area contributed by atoms with E-state index < -0.39 is 0 Å². The Hall–Kier alpha value is -0.730. The van der Waals surface area contributed by atoms with E-state index in [-0.39, 0.29) is 6.10 Å². The van der Waals surface area contributed by atoms with Crippen LogP contribution >= 0.6 is 11.6 Å². The largest absolute Gasteiger partial charge is 0.489 e. The van der Waals surface area contributed by atoms with Crippen molar-refractivity contribution in [2.45, 2.75) is 59.1 Å². The lowest BCUT2D eigenvalue weighted by Gasteiger charge is -2.21. The highest BCUT2D eigenvalue weighted by molar-refractivity contribution is 6.31. The zero-order chi connectivity index (χ0) is 14.3. The van der Waals surface area contributed by atoms with Crippen LogP contribution in [0.4, 0.5) is 0 Å². The molecule has 1 unspecified atom stereocenters. The van der Waals surface area contributed by atoms with Gasteiger partial charge < -0.3 is 10.1 Å². The van der Waals surface area contributed by atoms with Crippen molar-refractivity contribution in [3.63, 3.8) is 0 Å². The summed E-state index contributed by atoms with van der Waals surface area (Å²) in [7, 11) is 0. The first-order chi connectivity index (χ1) is 9.06. The standard InChI is InChI=1S/C16H26ClNO/c1-5-7-15(11-18-12(3)4)19-14-8-9-16(17)13(6-2)10-14/h8-10,12,15,18H,5-7,11H2,1-4H3. The zero-order valence-electron chi connectivity index (χ0n) is 12.5. The molecule has 0 aliphatic carbocycles. The molecule has 0 aromatic heterocycles. The molecule has 0 aliphatic rings. The van der Waals surface area contributed by atoms with Crippen LogP contribution in [0, 0.1) is 0 Å². The molecule has 19 heavy (non-hydrogen) atoms. The minimum atomic E-state index is 0.221. The van der Waals surface area contributed by atoms with Crippen molar-refractivity contribution in [3.05, 3.63) is 28.8 Å². The van der Waals surface area contributed by atoms with Crippen LogP contribution in [0.3, 0.4) is 0 Å². The maximum atomic E-state index is 6.13. The molecular formula is C16H26ClNO. The highest BCUT2D eigenvalue weighted by Gasteiger charge is 2.11. The molecule has 3 heteroatoms. The van der Waals surface area contributed by atoms with E-state index in [1.165, 1.54) is 0 Å². The third-order valence-corrected chi connectivity index (χ3v) is 3.43. The van der Waals surface area contributed by atoms with E-state index in [2.05, 4.69) is 39.1 Å². The Morgan fingerprint density at radius 1 is 1.26 bits per heavy atom. The van der Waals surface area contributed by atoms with Crippen LogP contribution in [0.25, 0.3) is 0 Å². The van der Waals surface area contributed by atoms with Crippen LogP contribution in [-0.4, -0.2) is 18.7 Å². The van der Waals surface area contributed by atoms with Gasteiger partial charge in [0.15, 0.2) is 0 Å². The van der Waals surface area contributed by atoms with Crippen LogP contribution in [0.5, 0.6) is 5.75 Å². The van der Waals surface area contributed by atoms with Crippen LogP contribution in [0.15, 0.2) is 18.2 Å². The molecule has 1 rings (SSSR count). The van der Waals surface area contributed by atoms with Crippen molar-refractivity contribution >= 4 is 11.6 Å². The van der Waals surface area contributed by atoms with E-state index in [1.54, 1.807) is 0 Å². The normalized spacial score (nSPS) is 12.7. The topological polar surface area (TPSA) is 21.3 Å². The lowest BCUT2D eigenvalue weighted by atomic mass is 10.1. The van der Waals surface area contributed by atoms with E-state index >= 15 is 0 Å². The number of hydrogen-bond acceptors (Lipinski definition) is 2. The Kier molecular flexibility index (Phi) is 7.25. The van der Waals surface area contributed by atoms with E-state index in [1.807, 2.05) is 12.1 Å². The highest BCUT2D eigenvalue weighted by Crippen LogP contribution is 2.23. The molecule has 108 valence electrons. The summed E-state index contributed by atoms with van der Waals surface area (Å²) in [6.07, 6.45) is 3.33. The third kappa shape index (κ3) is 5.84. The average Bonchev–Trinajstić information content (AvgIpc) is 2.38. The summed E-state index contributed by atoms with van der Waals surface area (Å²) in [6.45, 7) is 9.48. The number of ether oxygens (including phenoxy) is 1. The summed E-state index contributed by atoms with van der Waals surface area (Å²) in [5.74, 6) is 0.922. The monoisotopic (exact) mass is 283 g/mol. The van der Waals surface area contributed by atoms with Gasteiger partial charge in [-0.2, -0.15) is 0 Å². The summed E-state index contributed by atoms with van der Waals surface area (Å²) in [6, 6.07) is 6.42. The second-order valence-electron chi connectivity index (χ2n) is 5.20. The molecule has 0 saturated heterocycles. The number of aryl methyl sites for hydroxylation is 1. The minimum absolute atomic E-state index is 0.221. The third-order valence-electron chi connectivity index (χ3n) is 3.07. The Bertz CT molecular complexity index is 379. The number of halogens is 1. The smallest absolute Gasteiger partial charge is 0.120 e. The van der Waals surface area contributed by atoms with E-state index in [0.717, 1.165) is 42.1 Å². The zero-order valence-corrected chi connectivity index (χ0v) is 13.3. The van der Waals surface area contributed by atoms with Gasteiger partial charge in [0.1, 0.15) is 11.9 Å². The molecule has 0 heterocycles. The molecule has 2 nitrogen and oxygen atoms in total. The fourth-order valence-electron chi connectivity index (χ4n) is 1.98. The summed E-state index contributed by atoms with van der Waals surface area (Å²) in [4.78, 5) is 0. The van der Waals surface area contributed by atoms with Gasteiger partial charge in [-0.25, -0.2) is 0 Å². The second-order valence-corrected chi connectivity index (χ2v) is 5.61. The van der Waals surface area contributed by atoms with Gasteiger partial charge in [0, 0.05) is 17.6 Å². The first-order valence-electron chi connectivity index (χ1n) is 7.25. The lowest BCUT2D eigenvalue weighted by Crippen LogP contribution is -2.35. The van der Waals surface area contributed by atoms with E-state index in [0.29, 0.717) is 6.04 Å². The summed E-state index contributed by atoms with van der Waals surface area (Å²) in [5, 5.41) is 4.26. The lowest BCUT2D eigenvalue weighted by molar-refractivity contribution is 0.183. The highest BCUT2D eigenvalue weighted by atomic mass is 35.5. The van der Waals surface area contributed by atoms with Gasteiger partial charge in [0.25, 0.3) is 0 Å². The van der Waals surface area contributed by atoms with Gasteiger partial charge in [0.05, 0.1) is 0 Å². The van der Waals surface area contributed by atoms with Crippen molar-refractivity contribution in [1.29, 1.82) is 0 Å². The maximum Gasteiger partial charge on any atom is 0.120 e. The van der Waals surface area contributed by atoms with Crippen molar-refractivity contribution in [3.8, 4) is 5.75 Å². The molecule has 1 aromatic carbocycles. The molecule has 0 fully saturated rings. The van der Waals surface area contributed by atoms with Crippen LogP contribution in [-0.2, 0) is 6.42 Å². The first kappa shape index (κ1) is 16.3. The molecule has 0 amide bonds. The number of benzene rings is 1. The molecule has 1 aromatic rings. The van der Waals surface area contributed by atoms with Crippen LogP contribution in [0.2, 0.25) is 5.02 Å². The van der Waals surface area contributed by atoms with Gasteiger partial charge in [-0.1, -0.05) is 45.7 Å². The SMILES string of the molecule is CCCC(CNC(C)C)Oc1ccc(Cl)c(CC)c1. The van der Waals surface area contributed by atoms with Crippen molar-refractivity contribution in [2.75, 3.05) is 6.54 Å². The van der Waals surface area contributed by atoms with Crippen molar-refractivity contribution in [1.82, 2.24) is 5.32 Å². The number of rotatable bonds is 8. The van der Waals surface area contributed by atoms with Crippen LogP contribution < -0.4 is 10.1 Å². The summed E-state index contributed by atoms with van der Waals surface area (Å²) < 4.78 is 6.08. The molecule has 0 saturated carbocycles. The van der Waals surface area contributed by atoms with Gasteiger partial charge in [-0.15, -0.1) is 0 Å². The molecule has 0 spiro atoms. The molecule has 1 N–H and O–H groups in total. The summed E-state index contributed by atoms with van der Waals surface area (Å²) in [5.41, 5.74) is 1.14. The van der Waals surface area contributed by atoms with Gasteiger partial charge in [-0.3, -0.25) is 0 Å². The minimum Gasteiger partial charge on any atom is -0.489 e. The second kappa shape index (κ2) is 8.44. The van der Waals surface area contributed by atoms with Crippen molar-refractivity contribution in [2.24, 2.45) is 0 Å². The van der Waals surface area contributed by atoms with Gasteiger partial charge >= 0.3 is 0 Å². The Morgan fingerprint density at radius 2 is 2.00 bits per heavy atom. The van der Waals surface area contributed by atoms with Gasteiger partial charge in [0.2, 0.25) is 0 Å². The Labute approximate surface area is 122 Å². The molecular weight excluding hydrogens is 258 g/mol. The fourth-order valence-corrected chi connectivity index (χ4v) is 2.23. The predicted molar refractivity (Wildman–Crippen MR) is 83.3 cm³/mol. The molecule has 0 bridgehead atoms. The summed E-state index contributed by atoms with van der Waals surface area (Å²) >= 11 is 6.13. The number of hydrogen-bond donors (Lipinski definition) is 1. The average molecular weight is 284 g/mol. The molecule has 1 atom stereocenters. The van der Waals surface area contributed by atoms with Gasteiger partial charge in [-0.05, 0) is 36.6 Å². The number of nitrogens with one attached hydrogen (secondary N) is 1. The Morgan fingerprint density at radius 3 is 2.58 bits per heavy atom. The molecule has 0 aliphatic heterocycles. The Balaban J connectivity index is 2.67. The maximum absolute atomic E-state index is 6.13. The fraction of sp³-hybridized carbons (Fsp3) is 0.625. The first-order valence-corrected chi connectivity index (χ1v) is 7.63. The van der Waals surface area contributed by atoms with Crippen molar-refractivity contribution < 1.29 is 4.74 Å². The quantitative estimate of drug-likeness (QED) is 0.761. The van der Waals surface area contributed by atoms with E-state index in [4.69, 9.17) is 16.3 Å². The van der Waals surface area contributed by atoms with Crippen LogP contribution in [0.1, 0.15) is 46.1 Å².